The van der Waals surface area contributed by atoms with Crippen LogP contribution in [0.25, 0.3) is 0 Å². The van der Waals surface area contributed by atoms with Gasteiger partial charge in [-0.3, -0.25) is 4.79 Å². The SMILES string of the molecule is CSc1cc(N2CCOC(CC(=O)O)C2)ncn1. The van der Waals surface area contributed by atoms with Crippen LogP contribution in [0.3, 0.4) is 0 Å². The molecule has 2 heterocycles. The average Bonchev–Trinajstić information content (AvgIpc) is 2.38. The predicted octanol–water partition coefficient (Wildman–Crippen LogP) is 0.878. The van der Waals surface area contributed by atoms with E-state index in [0.717, 1.165) is 17.4 Å². The highest BCUT2D eigenvalue weighted by Gasteiger charge is 2.23. The maximum absolute atomic E-state index is 10.7. The highest BCUT2D eigenvalue weighted by molar-refractivity contribution is 7.98. The molecule has 2 rings (SSSR count). The second-order valence-corrected chi connectivity index (χ2v) is 4.78. The van der Waals surface area contributed by atoms with Crippen molar-refractivity contribution in [3.05, 3.63) is 12.4 Å². The molecule has 0 saturated carbocycles. The lowest BCUT2D eigenvalue weighted by molar-refractivity contribution is -0.140. The summed E-state index contributed by atoms with van der Waals surface area (Å²) in [5.74, 6) is -0.0117. The number of aliphatic carboxylic acids is 1. The van der Waals surface area contributed by atoms with E-state index < -0.39 is 5.97 Å². The number of rotatable bonds is 4. The summed E-state index contributed by atoms with van der Waals surface area (Å²) in [7, 11) is 0. The van der Waals surface area contributed by atoms with Crippen LogP contribution in [0.2, 0.25) is 0 Å². The van der Waals surface area contributed by atoms with Crippen LogP contribution in [0.5, 0.6) is 0 Å². The zero-order valence-electron chi connectivity index (χ0n) is 10.1. The predicted molar refractivity (Wildman–Crippen MR) is 68.0 cm³/mol. The fraction of sp³-hybridized carbons (Fsp3) is 0.545. The Balaban J connectivity index is 2.05. The van der Waals surface area contributed by atoms with Crippen LogP contribution in [-0.2, 0) is 9.53 Å². The van der Waals surface area contributed by atoms with Crippen molar-refractivity contribution in [3.8, 4) is 0 Å². The molecule has 0 aliphatic carbocycles. The van der Waals surface area contributed by atoms with E-state index in [4.69, 9.17) is 9.84 Å². The Morgan fingerprint density at radius 2 is 2.50 bits per heavy atom. The summed E-state index contributed by atoms with van der Waals surface area (Å²) in [5, 5.41) is 9.68. The molecule has 1 aliphatic heterocycles. The quantitative estimate of drug-likeness (QED) is 0.642. The Kier molecular flexibility index (Phi) is 4.38. The maximum atomic E-state index is 10.7. The first kappa shape index (κ1) is 13.1. The average molecular weight is 269 g/mol. The van der Waals surface area contributed by atoms with Crippen molar-refractivity contribution < 1.29 is 14.6 Å². The van der Waals surface area contributed by atoms with Gasteiger partial charge in [-0.25, -0.2) is 9.97 Å². The fourth-order valence-electron chi connectivity index (χ4n) is 1.86. The lowest BCUT2D eigenvalue weighted by atomic mass is 10.2. The van der Waals surface area contributed by atoms with Crippen LogP contribution in [0, 0.1) is 0 Å². The highest BCUT2D eigenvalue weighted by Crippen LogP contribution is 2.20. The number of carboxylic acid groups (broad SMARTS) is 1. The number of hydrogen-bond donors (Lipinski definition) is 1. The van der Waals surface area contributed by atoms with Gasteiger partial charge >= 0.3 is 5.97 Å². The molecule has 1 fully saturated rings. The Labute approximate surface area is 109 Å². The van der Waals surface area contributed by atoms with Gasteiger partial charge in [0.15, 0.2) is 0 Å². The van der Waals surface area contributed by atoms with Crippen molar-refractivity contribution in [1.82, 2.24) is 9.97 Å². The van der Waals surface area contributed by atoms with Gasteiger partial charge in [0.2, 0.25) is 0 Å². The minimum absolute atomic E-state index is 0.0248. The Morgan fingerprint density at radius 1 is 1.67 bits per heavy atom. The Morgan fingerprint density at radius 3 is 3.22 bits per heavy atom. The number of carboxylic acids is 1. The second kappa shape index (κ2) is 6.01. The maximum Gasteiger partial charge on any atom is 0.306 e. The molecule has 18 heavy (non-hydrogen) atoms. The molecule has 1 aliphatic rings. The molecule has 0 aromatic carbocycles. The van der Waals surface area contributed by atoms with Crippen molar-refractivity contribution in [1.29, 1.82) is 0 Å². The number of thioether (sulfide) groups is 1. The number of anilines is 1. The Hall–Kier alpha value is -1.34. The summed E-state index contributed by atoms with van der Waals surface area (Å²) in [6.07, 6.45) is 3.24. The molecular weight excluding hydrogens is 254 g/mol. The van der Waals surface area contributed by atoms with Gasteiger partial charge in [-0.1, -0.05) is 0 Å². The molecule has 0 bridgehead atoms. The largest absolute Gasteiger partial charge is 0.481 e. The molecule has 1 saturated heterocycles. The molecule has 1 aromatic heterocycles. The molecule has 1 N–H and O–H groups in total. The number of carbonyl (C=O) groups is 1. The third-order valence-electron chi connectivity index (χ3n) is 2.70. The van der Waals surface area contributed by atoms with Gasteiger partial charge < -0.3 is 14.7 Å². The van der Waals surface area contributed by atoms with E-state index in [0.29, 0.717) is 13.2 Å². The number of aromatic nitrogens is 2. The van der Waals surface area contributed by atoms with Crippen LogP contribution in [0.1, 0.15) is 6.42 Å². The molecule has 0 amide bonds. The van der Waals surface area contributed by atoms with E-state index >= 15 is 0 Å². The Bertz CT molecular complexity index is 430. The smallest absolute Gasteiger partial charge is 0.306 e. The minimum atomic E-state index is -0.839. The molecule has 0 spiro atoms. The summed E-state index contributed by atoms with van der Waals surface area (Å²) < 4.78 is 5.43. The third-order valence-corrected chi connectivity index (χ3v) is 3.34. The first-order valence-corrected chi connectivity index (χ1v) is 6.86. The lowest BCUT2D eigenvalue weighted by Gasteiger charge is -2.33. The summed E-state index contributed by atoms with van der Waals surface area (Å²) in [6, 6.07) is 1.91. The van der Waals surface area contributed by atoms with Gasteiger partial charge in [-0.05, 0) is 6.26 Å². The zero-order chi connectivity index (χ0) is 13.0. The number of hydrogen-bond acceptors (Lipinski definition) is 6. The van der Waals surface area contributed by atoms with Crippen molar-refractivity contribution >= 4 is 23.5 Å². The van der Waals surface area contributed by atoms with Crippen molar-refractivity contribution in [3.63, 3.8) is 0 Å². The summed E-state index contributed by atoms with van der Waals surface area (Å²) in [4.78, 5) is 21.1. The molecule has 6 nitrogen and oxygen atoms in total. The molecule has 1 aromatic rings. The third kappa shape index (κ3) is 3.33. The summed E-state index contributed by atoms with van der Waals surface area (Å²) in [5.41, 5.74) is 0. The van der Waals surface area contributed by atoms with Crippen molar-refractivity contribution in [2.75, 3.05) is 30.9 Å². The number of ether oxygens (including phenoxy) is 1. The first-order valence-electron chi connectivity index (χ1n) is 5.63. The van der Waals surface area contributed by atoms with Crippen LogP contribution >= 0.6 is 11.8 Å². The standard InChI is InChI=1S/C11H15N3O3S/c1-18-10-5-9(12-7-13-10)14-2-3-17-8(6-14)4-11(15)16/h5,7-8H,2-4,6H2,1H3,(H,15,16). The van der Waals surface area contributed by atoms with Crippen LogP contribution in [0.4, 0.5) is 5.82 Å². The fourth-order valence-corrected chi connectivity index (χ4v) is 2.24. The molecule has 1 atom stereocenters. The molecule has 0 radical (unpaired) electrons. The highest BCUT2D eigenvalue weighted by atomic mass is 32.2. The van der Waals surface area contributed by atoms with Gasteiger partial charge in [-0.15, -0.1) is 11.8 Å². The normalized spacial score (nSPS) is 19.8. The number of nitrogens with zero attached hydrogens (tertiary/aromatic N) is 3. The van der Waals surface area contributed by atoms with E-state index in [1.807, 2.05) is 17.2 Å². The van der Waals surface area contributed by atoms with Crippen molar-refractivity contribution in [2.24, 2.45) is 0 Å². The topological polar surface area (TPSA) is 75.5 Å². The van der Waals surface area contributed by atoms with E-state index in [2.05, 4.69) is 9.97 Å². The van der Waals surface area contributed by atoms with Crippen molar-refractivity contribution in [2.45, 2.75) is 17.6 Å². The summed E-state index contributed by atoms with van der Waals surface area (Å²) >= 11 is 1.56. The van der Waals surface area contributed by atoms with Gasteiger partial charge in [0.1, 0.15) is 17.2 Å². The summed E-state index contributed by atoms with van der Waals surface area (Å²) in [6.45, 7) is 1.80. The van der Waals surface area contributed by atoms with E-state index in [1.165, 1.54) is 6.33 Å². The van der Waals surface area contributed by atoms with Crippen LogP contribution in [-0.4, -0.2) is 53.1 Å². The lowest BCUT2D eigenvalue weighted by Crippen LogP contribution is -2.43. The van der Waals surface area contributed by atoms with Gasteiger partial charge in [0.25, 0.3) is 0 Å². The molecule has 7 heteroatoms. The molecule has 98 valence electrons. The van der Waals surface area contributed by atoms with Crippen LogP contribution in [0.15, 0.2) is 17.4 Å². The second-order valence-electron chi connectivity index (χ2n) is 3.96. The zero-order valence-corrected chi connectivity index (χ0v) is 10.9. The van der Waals surface area contributed by atoms with Gasteiger partial charge in [0, 0.05) is 19.2 Å². The first-order chi connectivity index (χ1) is 8.69. The number of morpholine rings is 1. The van der Waals surface area contributed by atoms with Gasteiger partial charge in [-0.2, -0.15) is 0 Å². The molecular formula is C11H15N3O3S. The molecule has 1 unspecified atom stereocenters. The van der Waals surface area contributed by atoms with Crippen LogP contribution < -0.4 is 4.90 Å². The van der Waals surface area contributed by atoms with E-state index in [1.54, 1.807) is 11.8 Å². The monoisotopic (exact) mass is 269 g/mol. The van der Waals surface area contributed by atoms with E-state index in [-0.39, 0.29) is 12.5 Å². The minimum Gasteiger partial charge on any atom is -0.481 e. The van der Waals surface area contributed by atoms with E-state index in [9.17, 15) is 4.79 Å². The van der Waals surface area contributed by atoms with Gasteiger partial charge in [0.05, 0.1) is 19.1 Å².